The Bertz CT molecular complexity index is 1330. The summed E-state index contributed by atoms with van der Waals surface area (Å²) in [5.74, 6) is 0.265. The number of nitrogens with zero attached hydrogens (tertiary/aromatic N) is 1. The van der Waals surface area contributed by atoms with E-state index in [1.807, 2.05) is 18.2 Å². The summed E-state index contributed by atoms with van der Waals surface area (Å²) in [5.41, 5.74) is 1.21. The van der Waals surface area contributed by atoms with Gasteiger partial charge in [-0.05, 0) is 48.1 Å². The Hall–Kier alpha value is -4.09. The van der Waals surface area contributed by atoms with Crippen LogP contribution in [0.15, 0.2) is 60.0 Å². The Balaban J connectivity index is 1.70. The molecule has 0 aliphatic carbocycles. The number of ether oxygens (including phenoxy) is 4. The SMILES string of the molecule is COc1ccccc1CN(C(=O)CNC(=O)c1cccs1)[C@@H](C(=O)NC[C@@H]1CCCO1)c1ccc(OC)c(OC)c1. The van der Waals surface area contributed by atoms with E-state index in [1.165, 1.54) is 30.5 Å². The molecule has 4 rings (SSSR count). The van der Waals surface area contributed by atoms with Crippen LogP contribution in [-0.4, -0.2) is 69.8 Å². The summed E-state index contributed by atoms with van der Waals surface area (Å²) in [6, 6.07) is 14.8. The van der Waals surface area contributed by atoms with Crippen LogP contribution in [0.4, 0.5) is 0 Å². The van der Waals surface area contributed by atoms with Crippen LogP contribution in [0.3, 0.4) is 0 Å². The van der Waals surface area contributed by atoms with Gasteiger partial charge in [0.25, 0.3) is 5.91 Å². The van der Waals surface area contributed by atoms with Gasteiger partial charge in [-0.25, -0.2) is 0 Å². The third kappa shape index (κ3) is 7.56. The topological polar surface area (TPSA) is 115 Å². The molecule has 1 aliphatic rings. The van der Waals surface area contributed by atoms with Gasteiger partial charge in [0.2, 0.25) is 11.8 Å². The van der Waals surface area contributed by atoms with Crippen molar-refractivity contribution in [3.05, 3.63) is 76.0 Å². The van der Waals surface area contributed by atoms with Gasteiger partial charge in [-0.1, -0.05) is 30.3 Å². The average Bonchev–Trinajstić information content (AvgIpc) is 3.73. The molecule has 1 aromatic heterocycles. The summed E-state index contributed by atoms with van der Waals surface area (Å²) >= 11 is 1.28. The Morgan fingerprint density at radius 3 is 2.44 bits per heavy atom. The summed E-state index contributed by atoms with van der Waals surface area (Å²) in [6.45, 7) is 0.704. The number of carbonyl (C=O) groups excluding carboxylic acids is 3. The highest BCUT2D eigenvalue weighted by Crippen LogP contribution is 2.34. The fourth-order valence-electron chi connectivity index (χ4n) is 4.71. The Kier molecular flexibility index (Phi) is 10.6. The lowest BCUT2D eigenvalue weighted by Crippen LogP contribution is -2.48. The molecule has 2 N–H and O–H groups in total. The Labute approximate surface area is 243 Å². The lowest BCUT2D eigenvalue weighted by Gasteiger charge is -2.32. The molecule has 1 aliphatic heterocycles. The fourth-order valence-corrected chi connectivity index (χ4v) is 5.35. The minimum Gasteiger partial charge on any atom is -0.496 e. The van der Waals surface area contributed by atoms with Crippen molar-refractivity contribution in [2.24, 2.45) is 0 Å². The maximum absolute atomic E-state index is 13.9. The predicted molar refractivity (Wildman–Crippen MR) is 154 cm³/mol. The molecule has 1 saturated heterocycles. The fraction of sp³-hybridized carbons (Fsp3) is 0.367. The van der Waals surface area contributed by atoms with E-state index in [0.29, 0.717) is 46.4 Å². The van der Waals surface area contributed by atoms with Crippen LogP contribution in [-0.2, 0) is 20.9 Å². The molecule has 11 heteroatoms. The lowest BCUT2D eigenvalue weighted by atomic mass is 10.0. The van der Waals surface area contributed by atoms with Crippen molar-refractivity contribution in [2.75, 3.05) is 41.0 Å². The molecule has 2 atom stereocenters. The highest BCUT2D eigenvalue weighted by atomic mass is 32.1. The maximum Gasteiger partial charge on any atom is 0.261 e. The molecule has 3 aromatic rings. The zero-order valence-electron chi connectivity index (χ0n) is 23.4. The molecule has 41 heavy (non-hydrogen) atoms. The van der Waals surface area contributed by atoms with E-state index in [2.05, 4.69) is 10.6 Å². The summed E-state index contributed by atoms with van der Waals surface area (Å²) in [4.78, 5) is 42.4. The third-order valence-electron chi connectivity index (χ3n) is 6.81. The standard InChI is InChI=1S/C30H35N3O7S/c1-37-23-10-5-4-8-21(23)19-33(27(34)18-32-29(35)26-11-7-15-41-26)28(30(36)31-17-22-9-6-14-40-22)20-12-13-24(38-2)25(16-20)39-3/h4-5,7-8,10-13,15-16,22,28H,6,9,14,17-19H2,1-3H3,(H,31,36)(H,32,35)/t22-,28+/m0/s1. The minimum absolute atomic E-state index is 0.0457. The summed E-state index contributed by atoms with van der Waals surface area (Å²) in [5, 5.41) is 7.46. The van der Waals surface area contributed by atoms with E-state index in [9.17, 15) is 14.4 Å². The first-order valence-corrected chi connectivity index (χ1v) is 14.2. The van der Waals surface area contributed by atoms with E-state index in [-0.39, 0.29) is 31.0 Å². The summed E-state index contributed by atoms with van der Waals surface area (Å²) in [7, 11) is 4.58. The minimum atomic E-state index is -1.06. The largest absolute Gasteiger partial charge is 0.496 e. The van der Waals surface area contributed by atoms with E-state index >= 15 is 0 Å². The van der Waals surface area contributed by atoms with Gasteiger partial charge < -0.3 is 34.5 Å². The van der Waals surface area contributed by atoms with Gasteiger partial charge in [-0.3, -0.25) is 14.4 Å². The van der Waals surface area contributed by atoms with Crippen LogP contribution >= 0.6 is 11.3 Å². The predicted octanol–water partition coefficient (Wildman–Crippen LogP) is 3.57. The van der Waals surface area contributed by atoms with Crippen LogP contribution in [0.1, 0.15) is 39.7 Å². The van der Waals surface area contributed by atoms with Gasteiger partial charge in [0, 0.05) is 18.7 Å². The van der Waals surface area contributed by atoms with Gasteiger partial charge >= 0.3 is 0 Å². The molecule has 0 saturated carbocycles. The second kappa shape index (κ2) is 14.5. The maximum atomic E-state index is 13.9. The van der Waals surface area contributed by atoms with Gasteiger partial charge in [0.1, 0.15) is 11.8 Å². The number of para-hydroxylation sites is 1. The van der Waals surface area contributed by atoms with Crippen molar-refractivity contribution in [3.8, 4) is 17.2 Å². The highest BCUT2D eigenvalue weighted by molar-refractivity contribution is 7.12. The number of carbonyl (C=O) groups is 3. The molecule has 0 spiro atoms. The molecular formula is C30H35N3O7S. The molecule has 0 bridgehead atoms. The number of hydrogen-bond acceptors (Lipinski definition) is 8. The second-order valence-corrected chi connectivity index (χ2v) is 10.3. The first kappa shape index (κ1) is 29.9. The zero-order valence-corrected chi connectivity index (χ0v) is 24.2. The van der Waals surface area contributed by atoms with E-state index < -0.39 is 11.9 Å². The number of thiophene rings is 1. The highest BCUT2D eigenvalue weighted by Gasteiger charge is 2.33. The van der Waals surface area contributed by atoms with Crippen molar-refractivity contribution >= 4 is 29.1 Å². The molecule has 2 aromatic carbocycles. The smallest absolute Gasteiger partial charge is 0.261 e. The van der Waals surface area contributed by atoms with Gasteiger partial charge in [-0.2, -0.15) is 0 Å². The van der Waals surface area contributed by atoms with Gasteiger partial charge in [-0.15, -0.1) is 11.3 Å². The summed E-state index contributed by atoms with van der Waals surface area (Å²) < 4.78 is 22.1. The number of benzene rings is 2. The molecule has 1 fully saturated rings. The van der Waals surface area contributed by atoms with Crippen molar-refractivity contribution in [2.45, 2.75) is 31.5 Å². The van der Waals surface area contributed by atoms with E-state index in [1.54, 1.807) is 48.9 Å². The van der Waals surface area contributed by atoms with E-state index in [0.717, 1.165) is 12.8 Å². The molecule has 3 amide bonds. The second-order valence-electron chi connectivity index (χ2n) is 9.39. The molecule has 0 radical (unpaired) electrons. The third-order valence-corrected chi connectivity index (χ3v) is 7.68. The quantitative estimate of drug-likeness (QED) is 0.317. The average molecular weight is 582 g/mol. The number of nitrogens with one attached hydrogen (secondary N) is 2. The van der Waals surface area contributed by atoms with Crippen LogP contribution in [0.5, 0.6) is 17.2 Å². The first-order chi connectivity index (χ1) is 19.9. The zero-order chi connectivity index (χ0) is 29.2. The van der Waals surface area contributed by atoms with Gasteiger partial charge in [0.15, 0.2) is 11.5 Å². The normalized spacial score (nSPS) is 15.0. The molecule has 10 nitrogen and oxygen atoms in total. The molecule has 0 unspecified atom stereocenters. The van der Waals surface area contributed by atoms with E-state index in [4.69, 9.17) is 18.9 Å². The van der Waals surface area contributed by atoms with Crippen LogP contribution in [0.25, 0.3) is 0 Å². The number of hydrogen-bond donors (Lipinski definition) is 2. The summed E-state index contributed by atoms with van der Waals surface area (Å²) in [6.07, 6.45) is 1.69. The Morgan fingerprint density at radius 1 is 0.976 bits per heavy atom. The molecule has 218 valence electrons. The number of methoxy groups -OCH3 is 3. The molecular weight excluding hydrogens is 546 g/mol. The molecule has 2 heterocycles. The van der Waals surface area contributed by atoms with Crippen molar-refractivity contribution in [1.29, 1.82) is 0 Å². The van der Waals surface area contributed by atoms with Crippen LogP contribution < -0.4 is 24.8 Å². The Morgan fingerprint density at radius 2 is 1.76 bits per heavy atom. The number of amides is 3. The van der Waals surface area contributed by atoms with Crippen molar-refractivity contribution in [3.63, 3.8) is 0 Å². The van der Waals surface area contributed by atoms with Crippen molar-refractivity contribution < 1.29 is 33.3 Å². The van der Waals surface area contributed by atoms with Crippen molar-refractivity contribution in [1.82, 2.24) is 15.5 Å². The van der Waals surface area contributed by atoms with Crippen LogP contribution in [0.2, 0.25) is 0 Å². The number of rotatable bonds is 13. The lowest BCUT2D eigenvalue weighted by molar-refractivity contribution is -0.141. The van der Waals surface area contributed by atoms with Gasteiger partial charge in [0.05, 0.1) is 45.4 Å². The first-order valence-electron chi connectivity index (χ1n) is 13.3. The van der Waals surface area contributed by atoms with Crippen LogP contribution in [0, 0.1) is 0 Å². The monoisotopic (exact) mass is 581 g/mol.